The van der Waals surface area contributed by atoms with E-state index < -0.39 is 6.10 Å². The smallest absolute Gasteiger partial charge is 0.279 e. The van der Waals surface area contributed by atoms with Gasteiger partial charge in [-0.2, -0.15) is 0 Å². The first-order chi connectivity index (χ1) is 23.7. The van der Waals surface area contributed by atoms with Crippen LogP contribution in [0.1, 0.15) is 180 Å². The van der Waals surface area contributed by atoms with Crippen LogP contribution in [0.3, 0.4) is 0 Å². The highest BCUT2D eigenvalue weighted by Gasteiger charge is 1.95. The van der Waals surface area contributed by atoms with Crippen molar-refractivity contribution in [2.45, 2.75) is 186 Å². The molecular weight excluding hydrogens is 585 g/mol. The Morgan fingerprint density at radius 1 is 0.479 bits per heavy atom. The molecule has 0 aliphatic heterocycles. The van der Waals surface area contributed by atoms with E-state index in [0.717, 1.165) is 70.6 Å². The van der Waals surface area contributed by atoms with Crippen LogP contribution in [0.2, 0.25) is 0 Å². The molecule has 0 unspecified atom stereocenters. The summed E-state index contributed by atoms with van der Waals surface area (Å²) in [5.74, 6) is 15.8. The lowest BCUT2D eigenvalue weighted by atomic mass is 10.0. The van der Waals surface area contributed by atoms with Crippen molar-refractivity contribution in [3.8, 4) is 48.4 Å². The van der Waals surface area contributed by atoms with Crippen LogP contribution in [0.25, 0.3) is 0 Å². The second kappa shape index (κ2) is 40.0. The molecule has 1 N–H and O–H groups in total. The maximum Gasteiger partial charge on any atom is 0.279 e. The fourth-order valence-electron chi connectivity index (χ4n) is 5.34. The molecule has 0 saturated carbocycles. The van der Waals surface area contributed by atoms with Gasteiger partial charge in [-0.25, -0.2) is 0 Å². The van der Waals surface area contributed by atoms with Gasteiger partial charge >= 0.3 is 0 Å². The van der Waals surface area contributed by atoms with Crippen molar-refractivity contribution in [3.05, 3.63) is 48.6 Å². The number of hydrogen-bond acceptors (Lipinski definition) is 2. The van der Waals surface area contributed by atoms with Crippen LogP contribution < -0.4 is 0 Å². The summed E-state index contributed by atoms with van der Waals surface area (Å²) in [5.41, 5.74) is 0. The number of aliphatic hydroxyl groups is 1. The van der Waals surface area contributed by atoms with E-state index in [4.69, 9.17) is 12.8 Å². The Labute approximate surface area is 297 Å². The van der Waals surface area contributed by atoms with Crippen LogP contribution in [0.4, 0.5) is 0 Å². The molecule has 0 aromatic heterocycles. The average Bonchev–Trinajstić information content (AvgIpc) is 3.09. The molecule has 0 radical (unpaired) electrons. The molecular formula is C46H68O2. The molecule has 0 aromatic carbocycles. The lowest BCUT2D eigenvalue weighted by Crippen LogP contribution is -1.95. The first-order valence-corrected chi connectivity index (χ1v) is 19.4. The molecule has 264 valence electrons. The molecule has 1 atom stereocenters. The van der Waals surface area contributed by atoms with Crippen molar-refractivity contribution in [2.24, 2.45) is 0 Å². The molecule has 0 fully saturated rings. The third kappa shape index (κ3) is 39.0. The molecule has 0 rings (SSSR count). The van der Waals surface area contributed by atoms with Crippen LogP contribution in [-0.4, -0.2) is 17.0 Å². The predicted molar refractivity (Wildman–Crippen MR) is 210 cm³/mol. The second-order valence-corrected chi connectivity index (χ2v) is 12.8. The number of ketones is 1. The average molecular weight is 653 g/mol. The van der Waals surface area contributed by atoms with Gasteiger partial charge in [0, 0.05) is 12.8 Å². The van der Waals surface area contributed by atoms with Crippen molar-refractivity contribution in [1.82, 2.24) is 0 Å². The van der Waals surface area contributed by atoms with Crippen LogP contribution in [0.15, 0.2) is 48.6 Å². The maximum absolute atomic E-state index is 11.8. The molecule has 0 aliphatic rings. The maximum atomic E-state index is 11.8. The topological polar surface area (TPSA) is 37.3 Å². The summed E-state index contributed by atoms with van der Waals surface area (Å²) in [6.07, 6.45) is 60.2. The van der Waals surface area contributed by atoms with E-state index in [1.54, 1.807) is 6.08 Å². The fraction of sp³-hybridized carbons (Fsp3) is 0.630. The van der Waals surface area contributed by atoms with E-state index in [1.807, 2.05) is 12.2 Å². The van der Waals surface area contributed by atoms with Gasteiger partial charge in [-0.1, -0.05) is 137 Å². The van der Waals surface area contributed by atoms with Gasteiger partial charge in [0.2, 0.25) is 0 Å². The predicted octanol–water partition coefficient (Wildman–Crippen LogP) is 12.3. The van der Waals surface area contributed by atoms with E-state index >= 15 is 0 Å². The van der Waals surface area contributed by atoms with E-state index in [2.05, 4.69) is 65.9 Å². The zero-order valence-electron chi connectivity index (χ0n) is 30.5. The Bertz CT molecular complexity index is 1070. The molecule has 0 bridgehead atoms. The zero-order valence-corrected chi connectivity index (χ0v) is 30.5. The van der Waals surface area contributed by atoms with Gasteiger partial charge in [0.25, 0.3) is 5.78 Å². The zero-order chi connectivity index (χ0) is 34.9. The van der Waals surface area contributed by atoms with Gasteiger partial charge < -0.3 is 5.11 Å². The van der Waals surface area contributed by atoms with Crippen molar-refractivity contribution >= 4 is 5.78 Å². The molecule has 0 heterocycles. The highest BCUT2D eigenvalue weighted by Crippen LogP contribution is 2.13. The molecule has 2 heteroatoms. The number of carbonyl (C=O) groups excluding carboxylic acids is 1. The number of Topliss-reactive ketones (excluding diaryl/α,β-unsaturated/α-hetero) is 1. The molecule has 2 nitrogen and oxygen atoms in total. The van der Waals surface area contributed by atoms with Crippen LogP contribution >= 0.6 is 0 Å². The van der Waals surface area contributed by atoms with Gasteiger partial charge in [-0.15, -0.1) is 12.8 Å². The summed E-state index contributed by atoms with van der Waals surface area (Å²) in [7, 11) is 0. The van der Waals surface area contributed by atoms with Crippen LogP contribution in [-0.2, 0) is 4.79 Å². The van der Waals surface area contributed by atoms with Crippen molar-refractivity contribution in [1.29, 1.82) is 0 Å². The number of unbranched alkanes of at least 4 members (excludes halogenated alkanes) is 24. The summed E-state index contributed by atoms with van der Waals surface area (Å²) in [6.45, 7) is 0. The summed E-state index contributed by atoms with van der Waals surface area (Å²) in [5, 5.41) is 9.24. The van der Waals surface area contributed by atoms with Crippen LogP contribution in [0, 0.1) is 48.4 Å². The lowest BCUT2D eigenvalue weighted by Gasteiger charge is -2.02. The third-order valence-electron chi connectivity index (χ3n) is 8.27. The molecule has 0 aromatic rings. The second-order valence-electron chi connectivity index (χ2n) is 12.8. The van der Waals surface area contributed by atoms with E-state index in [0.29, 0.717) is 0 Å². The van der Waals surface area contributed by atoms with Gasteiger partial charge in [0.15, 0.2) is 0 Å². The van der Waals surface area contributed by atoms with E-state index in [-0.39, 0.29) is 5.78 Å². The van der Waals surface area contributed by atoms with Crippen molar-refractivity contribution < 1.29 is 9.90 Å². The number of terminal acetylenes is 2. The minimum atomic E-state index is -0.776. The highest BCUT2D eigenvalue weighted by atomic mass is 16.3. The normalized spacial score (nSPS) is 11.8. The Hall–Kier alpha value is -3.17. The number of allylic oxidation sites excluding steroid dienone is 7. The molecule has 48 heavy (non-hydrogen) atoms. The molecule has 0 aliphatic carbocycles. The Balaban J connectivity index is 3.41. The Morgan fingerprint density at radius 2 is 0.812 bits per heavy atom. The highest BCUT2D eigenvalue weighted by molar-refractivity contribution is 6.08. The van der Waals surface area contributed by atoms with Gasteiger partial charge in [0.05, 0.1) is 0 Å². The monoisotopic (exact) mass is 653 g/mol. The molecule has 0 amide bonds. The third-order valence-corrected chi connectivity index (χ3v) is 8.27. The summed E-state index contributed by atoms with van der Waals surface area (Å²) in [6, 6.07) is 0. The van der Waals surface area contributed by atoms with Gasteiger partial charge in [-0.3, -0.25) is 4.79 Å². The van der Waals surface area contributed by atoms with E-state index in [1.165, 1.54) is 109 Å². The molecule has 0 saturated heterocycles. The number of carbonyl (C=O) groups is 1. The summed E-state index contributed by atoms with van der Waals surface area (Å²) >= 11 is 0. The fourth-order valence-corrected chi connectivity index (χ4v) is 5.34. The van der Waals surface area contributed by atoms with Gasteiger partial charge in [-0.05, 0) is 114 Å². The number of hydrogen-bond donors (Lipinski definition) is 1. The standard InChI is InChI=1S/C46H68O2/c1-3-5-6-7-8-9-10-11-12-13-14-15-16-17-18-19-20-21-22-23-24-25-26-27-28-29-30-34-37-40-43-46(48)44-41-38-35-32-31-33-36-39-42-45(47)4-2/h1-2,5-6,21-22,27-28,39,42,45,47H,7-20,23-26,29-38H2/b6-5?,22-21?,28-27?,42-39+/t45-/m1/s1. The largest absolute Gasteiger partial charge is 0.377 e. The Morgan fingerprint density at radius 3 is 1.25 bits per heavy atom. The minimum Gasteiger partial charge on any atom is -0.377 e. The SMILES string of the molecule is C#CC=CCCCCCCCCCCCCCCC=CCCCCC=CCCCCC#CC(=O)C#CCCCCCC/C=C/[C@H](O)C#C. The first-order valence-electron chi connectivity index (χ1n) is 19.4. The van der Waals surface area contributed by atoms with Gasteiger partial charge in [0.1, 0.15) is 6.10 Å². The lowest BCUT2D eigenvalue weighted by molar-refractivity contribution is -0.108. The summed E-state index contributed by atoms with van der Waals surface area (Å²) in [4.78, 5) is 11.8. The number of rotatable bonds is 31. The quantitative estimate of drug-likeness (QED) is 0.0350. The minimum absolute atomic E-state index is 0.266. The van der Waals surface area contributed by atoms with Crippen LogP contribution in [0.5, 0.6) is 0 Å². The van der Waals surface area contributed by atoms with Crippen molar-refractivity contribution in [2.75, 3.05) is 0 Å². The number of aliphatic hydroxyl groups excluding tert-OH is 1. The Kier molecular flexibility index (Phi) is 37.4. The van der Waals surface area contributed by atoms with Crippen molar-refractivity contribution in [3.63, 3.8) is 0 Å². The first kappa shape index (κ1) is 44.8. The molecule has 0 spiro atoms. The van der Waals surface area contributed by atoms with E-state index in [9.17, 15) is 9.90 Å². The summed E-state index contributed by atoms with van der Waals surface area (Å²) < 4.78 is 0.